The molecule has 4 heterocycles. The van der Waals surface area contributed by atoms with Gasteiger partial charge in [0.15, 0.2) is 5.82 Å². The van der Waals surface area contributed by atoms with Gasteiger partial charge in [-0.25, -0.2) is 4.98 Å². The highest BCUT2D eigenvalue weighted by Gasteiger charge is 2.21. The molecule has 0 atom stereocenters. The number of fused-ring (bicyclic) bond motifs is 1. The number of pyridine rings is 1. The summed E-state index contributed by atoms with van der Waals surface area (Å²) in [6, 6.07) is 3.72. The van der Waals surface area contributed by atoms with Crippen molar-refractivity contribution in [2.75, 3.05) is 31.1 Å². The SMILES string of the molecule is Cc1nnc2c(N3CCN(Cc4ccn(C)c(=O)c4)CC3)nccn12. The zero-order valence-electron chi connectivity index (χ0n) is 14.5. The van der Waals surface area contributed by atoms with Crippen LogP contribution in [0.5, 0.6) is 0 Å². The number of nitrogens with zero attached hydrogens (tertiary/aromatic N) is 7. The first kappa shape index (κ1) is 15.8. The fraction of sp³-hybridized carbons (Fsp3) is 0.412. The van der Waals surface area contributed by atoms with Gasteiger partial charge in [0.1, 0.15) is 5.82 Å². The molecular formula is C17H21N7O. The second-order valence-corrected chi connectivity index (χ2v) is 6.44. The molecule has 0 radical (unpaired) electrons. The minimum atomic E-state index is 0.0363. The van der Waals surface area contributed by atoms with E-state index in [9.17, 15) is 4.79 Å². The van der Waals surface area contributed by atoms with Crippen molar-refractivity contribution < 1.29 is 0 Å². The second-order valence-electron chi connectivity index (χ2n) is 6.44. The molecule has 0 unspecified atom stereocenters. The molecule has 25 heavy (non-hydrogen) atoms. The van der Waals surface area contributed by atoms with Crippen LogP contribution in [-0.2, 0) is 13.6 Å². The highest BCUT2D eigenvalue weighted by Crippen LogP contribution is 2.19. The third-order valence-electron chi connectivity index (χ3n) is 4.73. The van der Waals surface area contributed by atoms with Gasteiger partial charge in [-0.15, -0.1) is 10.2 Å². The van der Waals surface area contributed by atoms with Crippen molar-refractivity contribution in [2.24, 2.45) is 7.05 Å². The van der Waals surface area contributed by atoms with Gasteiger partial charge in [0.05, 0.1) is 0 Å². The van der Waals surface area contributed by atoms with Crippen molar-refractivity contribution in [3.8, 4) is 0 Å². The van der Waals surface area contributed by atoms with Crippen molar-refractivity contribution in [1.82, 2.24) is 29.0 Å². The maximum atomic E-state index is 11.8. The molecule has 0 aromatic carbocycles. The molecule has 0 bridgehead atoms. The standard InChI is InChI=1S/C17H21N7O/c1-13-19-20-17-16(18-4-6-24(13)17)23-9-7-22(8-10-23)12-14-3-5-21(2)15(25)11-14/h3-6,11H,7-10,12H2,1-2H3. The van der Waals surface area contributed by atoms with Crippen LogP contribution in [0.25, 0.3) is 5.65 Å². The first-order chi connectivity index (χ1) is 12.1. The summed E-state index contributed by atoms with van der Waals surface area (Å²) in [5.41, 5.74) is 1.90. The van der Waals surface area contributed by atoms with Gasteiger partial charge in [-0.1, -0.05) is 0 Å². The lowest BCUT2D eigenvalue weighted by Crippen LogP contribution is -2.46. The van der Waals surface area contributed by atoms with Gasteiger partial charge in [-0.05, 0) is 18.6 Å². The molecule has 8 nitrogen and oxygen atoms in total. The first-order valence-corrected chi connectivity index (χ1v) is 8.41. The first-order valence-electron chi connectivity index (χ1n) is 8.41. The average molecular weight is 339 g/mol. The van der Waals surface area contributed by atoms with Crippen LogP contribution in [0.3, 0.4) is 0 Å². The van der Waals surface area contributed by atoms with E-state index in [0.717, 1.165) is 55.6 Å². The van der Waals surface area contributed by atoms with Crippen LogP contribution in [0.1, 0.15) is 11.4 Å². The molecule has 130 valence electrons. The van der Waals surface area contributed by atoms with Crippen LogP contribution < -0.4 is 10.5 Å². The normalized spacial score (nSPS) is 15.8. The smallest absolute Gasteiger partial charge is 0.250 e. The number of aryl methyl sites for hydroxylation is 2. The summed E-state index contributed by atoms with van der Waals surface area (Å²) >= 11 is 0. The molecule has 3 aromatic rings. The van der Waals surface area contributed by atoms with Crippen LogP contribution in [0, 0.1) is 6.92 Å². The van der Waals surface area contributed by atoms with E-state index in [2.05, 4.69) is 25.0 Å². The van der Waals surface area contributed by atoms with E-state index in [-0.39, 0.29) is 5.56 Å². The van der Waals surface area contributed by atoms with Crippen LogP contribution in [0.15, 0.2) is 35.5 Å². The Morgan fingerprint density at radius 1 is 1.12 bits per heavy atom. The van der Waals surface area contributed by atoms with Crippen molar-refractivity contribution in [1.29, 1.82) is 0 Å². The van der Waals surface area contributed by atoms with E-state index in [1.165, 1.54) is 0 Å². The van der Waals surface area contributed by atoms with Gasteiger partial charge in [0, 0.05) is 64.4 Å². The predicted octanol–water partition coefficient (Wildman–Crippen LogP) is 0.454. The van der Waals surface area contributed by atoms with Crippen LogP contribution in [0.2, 0.25) is 0 Å². The molecule has 3 aromatic heterocycles. The van der Waals surface area contributed by atoms with E-state index in [0.29, 0.717) is 0 Å². The fourth-order valence-corrected chi connectivity index (χ4v) is 3.22. The second kappa shape index (κ2) is 6.29. The average Bonchev–Trinajstić information content (AvgIpc) is 3.00. The third-order valence-corrected chi connectivity index (χ3v) is 4.73. The lowest BCUT2D eigenvalue weighted by Gasteiger charge is -2.35. The molecule has 0 saturated carbocycles. The van der Waals surface area contributed by atoms with Gasteiger partial charge >= 0.3 is 0 Å². The number of hydrogen-bond acceptors (Lipinski definition) is 6. The van der Waals surface area contributed by atoms with E-state index in [4.69, 9.17) is 0 Å². The summed E-state index contributed by atoms with van der Waals surface area (Å²) in [5.74, 6) is 1.75. The summed E-state index contributed by atoms with van der Waals surface area (Å²) in [6.45, 7) is 6.33. The lowest BCUT2D eigenvalue weighted by atomic mass is 10.2. The van der Waals surface area contributed by atoms with E-state index < -0.39 is 0 Å². The van der Waals surface area contributed by atoms with Crippen LogP contribution in [0.4, 0.5) is 5.82 Å². The molecule has 4 rings (SSSR count). The predicted molar refractivity (Wildman–Crippen MR) is 94.7 cm³/mol. The highest BCUT2D eigenvalue weighted by molar-refractivity contribution is 5.63. The largest absolute Gasteiger partial charge is 0.351 e. The van der Waals surface area contributed by atoms with Crippen molar-refractivity contribution >= 4 is 11.5 Å². The third kappa shape index (κ3) is 3.00. The van der Waals surface area contributed by atoms with Crippen molar-refractivity contribution in [3.05, 3.63) is 52.5 Å². The fourth-order valence-electron chi connectivity index (χ4n) is 3.22. The molecule has 0 aliphatic carbocycles. The van der Waals surface area contributed by atoms with Crippen molar-refractivity contribution in [3.63, 3.8) is 0 Å². The Hall–Kier alpha value is -2.74. The van der Waals surface area contributed by atoms with Crippen LogP contribution in [-0.4, -0.2) is 55.2 Å². The van der Waals surface area contributed by atoms with Crippen LogP contribution >= 0.6 is 0 Å². The Morgan fingerprint density at radius 3 is 2.68 bits per heavy atom. The summed E-state index contributed by atoms with van der Waals surface area (Å²) in [7, 11) is 1.77. The molecule has 0 N–H and O–H groups in total. The zero-order chi connectivity index (χ0) is 17.4. The molecular weight excluding hydrogens is 318 g/mol. The Labute approximate surface area is 145 Å². The Balaban J connectivity index is 1.45. The molecule has 8 heteroatoms. The van der Waals surface area contributed by atoms with E-state index in [1.54, 1.807) is 23.9 Å². The number of aromatic nitrogens is 5. The Bertz CT molecular complexity index is 953. The Morgan fingerprint density at radius 2 is 1.92 bits per heavy atom. The molecule has 0 amide bonds. The summed E-state index contributed by atoms with van der Waals surface area (Å²) < 4.78 is 3.56. The molecule has 1 aliphatic rings. The minimum absolute atomic E-state index is 0.0363. The number of hydrogen-bond donors (Lipinski definition) is 0. The van der Waals surface area contributed by atoms with Crippen molar-refractivity contribution in [2.45, 2.75) is 13.5 Å². The zero-order valence-corrected chi connectivity index (χ0v) is 14.5. The maximum Gasteiger partial charge on any atom is 0.250 e. The summed E-state index contributed by atoms with van der Waals surface area (Å²) in [6.07, 6.45) is 5.51. The summed E-state index contributed by atoms with van der Waals surface area (Å²) in [4.78, 5) is 20.9. The van der Waals surface area contributed by atoms with Gasteiger partial charge in [0.2, 0.25) is 5.65 Å². The molecule has 1 aliphatic heterocycles. The highest BCUT2D eigenvalue weighted by atomic mass is 16.1. The lowest BCUT2D eigenvalue weighted by molar-refractivity contribution is 0.249. The monoisotopic (exact) mass is 339 g/mol. The van der Waals surface area contributed by atoms with Gasteiger partial charge in [-0.3, -0.25) is 14.1 Å². The minimum Gasteiger partial charge on any atom is -0.351 e. The van der Waals surface area contributed by atoms with Gasteiger partial charge < -0.3 is 9.47 Å². The number of rotatable bonds is 3. The maximum absolute atomic E-state index is 11.8. The van der Waals surface area contributed by atoms with E-state index in [1.807, 2.05) is 29.8 Å². The topological polar surface area (TPSA) is 71.6 Å². The quantitative estimate of drug-likeness (QED) is 0.690. The van der Waals surface area contributed by atoms with Gasteiger partial charge in [0.25, 0.3) is 5.56 Å². The Kier molecular flexibility index (Phi) is 3.96. The van der Waals surface area contributed by atoms with E-state index >= 15 is 0 Å². The number of piperazine rings is 1. The molecule has 1 saturated heterocycles. The molecule has 1 fully saturated rings. The molecule has 0 spiro atoms. The van der Waals surface area contributed by atoms with Gasteiger partial charge in [-0.2, -0.15) is 0 Å². The number of anilines is 1. The summed E-state index contributed by atoms with van der Waals surface area (Å²) in [5, 5.41) is 8.40.